The molecule has 0 aliphatic carbocycles. The molecule has 1 N–H and O–H groups in total. The highest BCUT2D eigenvalue weighted by atomic mass is 16.3. The normalized spacial score (nSPS) is 17.2. The van der Waals surface area contributed by atoms with Crippen LogP contribution < -0.4 is 4.90 Å². The van der Waals surface area contributed by atoms with E-state index >= 15 is 0 Å². The van der Waals surface area contributed by atoms with E-state index in [1.165, 1.54) is 4.90 Å². The first-order valence-corrected chi connectivity index (χ1v) is 10.8. The Morgan fingerprint density at radius 3 is 2.32 bits per heavy atom. The van der Waals surface area contributed by atoms with E-state index < -0.39 is 17.7 Å². The van der Waals surface area contributed by atoms with Gasteiger partial charge in [0.2, 0.25) is 0 Å². The molecular weight excluding hydrogens is 424 g/mol. The molecule has 1 saturated heterocycles. The maximum atomic E-state index is 13.3. The van der Waals surface area contributed by atoms with Gasteiger partial charge in [0, 0.05) is 11.3 Å². The topological polar surface area (TPSA) is 81.4 Å². The third-order valence-electron chi connectivity index (χ3n) is 6.10. The minimum atomic E-state index is -0.806. The molecule has 5 rings (SSSR count). The average molecular weight is 444 g/mol. The van der Waals surface area contributed by atoms with Gasteiger partial charge in [-0.2, -0.15) is 5.26 Å². The Morgan fingerprint density at radius 2 is 1.62 bits per heavy atom. The van der Waals surface area contributed by atoms with E-state index in [1.807, 2.05) is 67.6 Å². The fraction of sp³-hybridized carbons (Fsp3) is 0.0690. The predicted octanol–water partition coefficient (Wildman–Crippen LogP) is 5.65. The lowest BCUT2D eigenvalue weighted by atomic mass is 9.93. The third-order valence-corrected chi connectivity index (χ3v) is 6.10. The molecule has 1 atom stereocenters. The summed E-state index contributed by atoms with van der Waals surface area (Å²) in [5, 5.41) is 22.4. The van der Waals surface area contributed by atoms with Crippen LogP contribution in [0.15, 0.2) is 96.6 Å². The maximum Gasteiger partial charge on any atom is 0.300 e. The van der Waals surface area contributed by atoms with Gasteiger partial charge in [0.15, 0.2) is 0 Å². The molecule has 1 amide bonds. The van der Waals surface area contributed by atoms with Crippen LogP contribution in [0, 0.1) is 18.3 Å². The number of fused-ring (bicyclic) bond motifs is 1. The first-order valence-electron chi connectivity index (χ1n) is 10.8. The quantitative estimate of drug-likeness (QED) is 0.252. The molecule has 1 aliphatic heterocycles. The Hall–Kier alpha value is -4.69. The summed E-state index contributed by atoms with van der Waals surface area (Å²) in [6, 6.07) is 28.5. The van der Waals surface area contributed by atoms with E-state index in [4.69, 9.17) is 5.26 Å². The number of carbonyl (C=O) groups excluding carboxylic acids is 2. The number of aliphatic hydroxyl groups is 1. The summed E-state index contributed by atoms with van der Waals surface area (Å²) in [5.74, 6) is -1.69. The molecule has 4 aromatic rings. The van der Waals surface area contributed by atoms with E-state index in [9.17, 15) is 14.7 Å². The number of carbonyl (C=O) groups is 2. The Morgan fingerprint density at radius 1 is 0.882 bits per heavy atom. The Labute approximate surface area is 196 Å². The molecule has 164 valence electrons. The third kappa shape index (κ3) is 3.52. The number of benzene rings is 4. The molecular formula is C29H20N2O3. The van der Waals surface area contributed by atoms with Crippen LogP contribution in [0.25, 0.3) is 16.5 Å². The van der Waals surface area contributed by atoms with Crippen molar-refractivity contribution in [1.29, 1.82) is 5.26 Å². The largest absolute Gasteiger partial charge is 0.507 e. The van der Waals surface area contributed by atoms with Gasteiger partial charge >= 0.3 is 0 Å². The van der Waals surface area contributed by atoms with Crippen molar-refractivity contribution in [3.05, 3.63) is 119 Å². The number of aryl methyl sites for hydroxylation is 1. The van der Waals surface area contributed by atoms with E-state index in [0.717, 1.165) is 16.3 Å². The first kappa shape index (κ1) is 21.2. The molecule has 34 heavy (non-hydrogen) atoms. The van der Waals surface area contributed by atoms with E-state index in [-0.39, 0.29) is 11.3 Å². The minimum absolute atomic E-state index is 0.0373. The van der Waals surface area contributed by atoms with Crippen LogP contribution in [0.3, 0.4) is 0 Å². The molecule has 5 heteroatoms. The van der Waals surface area contributed by atoms with Crippen molar-refractivity contribution in [1.82, 2.24) is 0 Å². The predicted molar refractivity (Wildman–Crippen MR) is 131 cm³/mol. The van der Waals surface area contributed by atoms with Crippen molar-refractivity contribution in [2.24, 2.45) is 0 Å². The number of aliphatic hydroxyl groups excluding tert-OH is 1. The number of nitrogens with zero attached hydrogens (tertiary/aromatic N) is 2. The molecule has 0 radical (unpaired) electrons. The second-order valence-electron chi connectivity index (χ2n) is 8.30. The molecule has 4 aromatic carbocycles. The van der Waals surface area contributed by atoms with Crippen LogP contribution in [0.2, 0.25) is 0 Å². The smallest absolute Gasteiger partial charge is 0.300 e. The average Bonchev–Trinajstić information content (AvgIpc) is 3.13. The number of ketones is 1. The maximum absolute atomic E-state index is 13.3. The summed E-state index contributed by atoms with van der Waals surface area (Å²) in [6.45, 7) is 1.93. The highest BCUT2D eigenvalue weighted by molar-refractivity contribution is 6.51. The van der Waals surface area contributed by atoms with Crippen LogP contribution in [0.5, 0.6) is 0 Å². The zero-order valence-electron chi connectivity index (χ0n) is 18.4. The van der Waals surface area contributed by atoms with Crippen LogP contribution in [-0.2, 0) is 9.59 Å². The van der Waals surface area contributed by atoms with Gasteiger partial charge in [-0.1, -0.05) is 66.2 Å². The lowest BCUT2D eigenvalue weighted by molar-refractivity contribution is -0.132. The fourth-order valence-electron chi connectivity index (χ4n) is 4.44. The standard InChI is InChI=1S/C29H20N2O3/c1-18-5-4-8-22(15-18)26-25(27(32)23-12-11-20-6-2-3-7-21(20)16-23)28(33)29(34)31(26)24-13-9-19(17-30)10-14-24/h2-16,26,32H,1H3/b27-25-. The summed E-state index contributed by atoms with van der Waals surface area (Å²) in [5.41, 5.74) is 3.11. The summed E-state index contributed by atoms with van der Waals surface area (Å²) < 4.78 is 0. The monoisotopic (exact) mass is 444 g/mol. The van der Waals surface area contributed by atoms with Gasteiger partial charge in [-0.3, -0.25) is 14.5 Å². The number of hydrogen-bond acceptors (Lipinski definition) is 4. The number of amides is 1. The van der Waals surface area contributed by atoms with Crippen molar-refractivity contribution >= 4 is 33.9 Å². The molecule has 1 fully saturated rings. The number of Topliss-reactive ketones (excluding diaryl/α,β-unsaturated/α-hetero) is 1. The second-order valence-corrected chi connectivity index (χ2v) is 8.30. The van der Waals surface area contributed by atoms with Crippen molar-refractivity contribution in [2.75, 3.05) is 4.90 Å². The fourth-order valence-corrected chi connectivity index (χ4v) is 4.44. The van der Waals surface area contributed by atoms with Gasteiger partial charge in [-0.25, -0.2) is 0 Å². The van der Waals surface area contributed by atoms with Gasteiger partial charge in [-0.05, 0) is 53.6 Å². The number of rotatable bonds is 3. The summed E-state index contributed by atoms with van der Waals surface area (Å²) >= 11 is 0. The van der Waals surface area contributed by atoms with Crippen LogP contribution in [-0.4, -0.2) is 16.8 Å². The number of anilines is 1. The number of nitriles is 1. The molecule has 1 unspecified atom stereocenters. The summed E-state index contributed by atoms with van der Waals surface area (Å²) in [7, 11) is 0. The molecule has 0 spiro atoms. The van der Waals surface area contributed by atoms with Gasteiger partial charge in [0.25, 0.3) is 11.7 Å². The van der Waals surface area contributed by atoms with Gasteiger partial charge in [0.05, 0.1) is 23.2 Å². The van der Waals surface area contributed by atoms with Crippen LogP contribution in [0.4, 0.5) is 5.69 Å². The highest BCUT2D eigenvalue weighted by Gasteiger charge is 2.47. The zero-order valence-corrected chi connectivity index (χ0v) is 18.4. The molecule has 0 saturated carbocycles. The molecule has 1 aliphatic rings. The van der Waals surface area contributed by atoms with E-state index in [1.54, 1.807) is 30.3 Å². The minimum Gasteiger partial charge on any atom is -0.507 e. The SMILES string of the molecule is Cc1cccc(C2/C(=C(/O)c3ccc4ccccc4c3)C(=O)C(=O)N2c2ccc(C#N)cc2)c1. The Balaban J connectivity index is 1.72. The van der Waals surface area contributed by atoms with Gasteiger partial charge in [0.1, 0.15) is 5.76 Å². The van der Waals surface area contributed by atoms with Crippen molar-refractivity contribution in [3.63, 3.8) is 0 Å². The van der Waals surface area contributed by atoms with Gasteiger partial charge in [-0.15, -0.1) is 0 Å². The number of hydrogen-bond donors (Lipinski definition) is 1. The highest BCUT2D eigenvalue weighted by Crippen LogP contribution is 2.42. The van der Waals surface area contributed by atoms with Crippen molar-refractivity contribution < 1.29 is 14.7 Å². The van der Waals surface area contributed by atoms with Crippen LogP contribution in [0.1, 0.15) is 28.3 Å². The van der Waals surface area contributed by atoms with Gasteiger partial charge < -0.3 is 5.11 Å². The summed E-state index contributed by atoms with van der Waals surface area (Å²) in [6.07, 6.45) is 0. The van der Waals surface area contributed by atoms with E-state index in [0.29, 0.717) is 22.4 Å². The lowest BCUT2D eigenvalue weighted by Crippen LogP contribution is -2.29. The molecule has 0 aromatic heterocycles. The van der Waals surface area contributed by atoms with Crippen LogP contribution >= 0.6 is 0 Å². The molecule has 1 heterocycles. The second kappa shape index (κ2) is 8.34. The lowest BCUT2D eigenvalue weighted by Gasteiger charge is -2.25. The molecule has 5 nitrogen and oxygen atoms in total. The Kier molecular flexibility index (Phi) is 5.19. The first-order chi connectivity index (χ1) is 16.5. The van der Waals surface area contributed by atoms with E-state index in [2.05, 4.69) is 6.07 Å². The molecule has 0 bridgehead atoms. The van der Waals surface area contributed by atoms with Crippen molar-refractivity contribution in [2.45, 2.75) is 13.0 Å². The Bertz CT molecular complexity index is 1530. The zero-order chi connectivity index (χ0) is 23.8. The summed E-state index contributed by atoms with van der Waals surface area (Å²) in [4.78, 5) is 27.9. The van der Waals surface area contributed by atoms with Crippen molar-refractivity contribution in [3.8, 4) is 6.07 Å².